The summed E-state index contributed by atoms with van der Waals surface area (Å²) >= 11 is 0. The number of hydrogen-bond acceptors (Lipinski definition) is 3. The van der Waals surface area contributed by atoms with Crippen LogP contribution in [0, 0.1) is 6.92 Å². The fraction of sp³-hybridized carbons (Fsp3) is 0.500. The molecule has 1 heterocycles. The average Bonchev–Trinajstić information content (AvgIpc) is 2.21. The Bertz CT molecular complexity index is 474. The van der Waals surface area contributed by atoms with E-state index in [0.717, 1.165) is 12.1 Å². The highest BCUT2D eigenvalue weighted by molar-refractivity contribution is 5.84. The quantitative estimate of drug-likeness (QED) is 0.735. The second-order valence-electron chi connectivity index (χ2n) is 3.47. The van der Waals surface area contributed by atoms with Crippen LogP contribution >= 0.6 is 0 Å². The molecule has 0 atom stereocenters. The number of nitrogens with zero attached hydrogens (tertiary/aromatic N) is 2. The molecule has 0 aliphatic carbocycles. The predicted molar refractivity (Wildman–Crippen MR) is 60.1 cm³/mol. The van der Waals surface area contributed by atoms with Crippen molar-refractivity contribution < 1.29 is 0 Å². The van der Waals surface area contributed by atoms with E-state index in [2.05, 4.69) is 9.98 Å². The maximum Gasteiger partial charge on any atom is 0.329 e. The molecule has 82 valence electrons. The third kappa shape index (κ3) is 2.23. The molecule has 0 aliphatic rings. The monoisotopic (exact) mass is 209 g/mol. The first kappa shape index (κ1) is 11.4. The van der Waals surface area contributed by atoms with Crippen molar-refractivity contribution in [2.45, 2.75) is 27.2 Å². The first-order valence-electron chi connectivity index (χ1n) is 4.81. The van der Waals surface area contributed by atoms with Crippen LogP contribution in [0.3, 0.4) is 0 Å². The maximum atomic E-state index is 11.3. The Balaban J connectivity index is 3.54. The van der Waals surface area contributed by atoms with Crippen LogP contribution < -0.4 is 11.2 Å². The standard InChI is InChI=1S/C10H15N3O2/c1-5-6(2)11-8-7(3)9(14)12-10(15)13(8)4/h5H2,1-4H3,(H,12,14,15). The van der Waals surface area contributed by atoms with Crippen LogP contribution in [-0.2, 0) is 7.05 Å². The highest BCUT2D eigenvalue weighted by atomic mass is 16.2. The van der Waals surface area contributed by atoms with Gasteiger partial charge in [0.1, 0.15) is 5.82 Å². The van der Waals surface area contributed by atoms with Crippen LogP contribution in [0.25, 0.3) is 0 Å². The second-order valence-corrected chi connectivity index (χ2v) is 3.47. The average molecular weight is 209 g/mol. The molecule has 0 unspecified atom stereocenters. The molecule has 5 heteroatoms. The van der Waals surface area contributed by atoms with Crippen molar-refractivity contribution in [1.82, 2.24) is 9.55 Å². The summed E-state index contributed by atoms with van der Waals surface area (Å²) in [5.41, 5.74) is 0.539. The van der Waals surface area contributed by atoms with Crippen LogP contribution in [0.1, 0.15) is 25.8 Å². The lowest BCUT2D eigenvalue weighted by Crippen LogP contribution is -2.29. The topological polar surface area (TPSA) is 67.2 Å². The van der Waals surface area contributed by atoms with E-state index in [9.17, 15) is 9.59 Å². The molecular weight excluding hydrogens is 194 g/mol. The zero-order valence-electron chi connectivity index (χ0n) is 9.42. The lowest BCUT2D eigenvalue weighted by Gasteiger charge is -2.06. The second kappa shape index (κ2) is 4.25. The molecule has 15 heavy (non-hydrogen) atoms. The molecule has 0 bridgehead atoms. The van der Waals surface area contributed by atoms with Gasteiger partial charge in [0.15, 0.2) is 0 Å². The molecule has 5 nitrogen and oxygen atoms in total. The van der Waals surface area contributed by atoms with Gasteiger partial charge in [0, 0.05) is 12.8 Å². The van der Waals surface area contributed by atoms with Gasteiger partial charge in [-0.2, -0.15) is 0 Å². The summed E-state index contributed by atoms with van der Waals surface area (Å²) in [5.74, 6) is 0.433. The van der Waals surface area contributed by atoms with Gasteiger partial charge >= 0.3 is 5.69 Å². The number of H-pyrrole nitrogens is 1. The van der Waals surface area contributed by atoms with Gasteiger partial charge in [-0.05, 0) is 20.3 Å². The Morgan fingerprint density at radius 2 is 2.07 bits per heavy atom. The van der Waals surface area contributed by atoms with Crippen LogP contribution in [-0.4, -0.2) is 15.3 Å². The van der Waals surface area contributed by atoms with Gasteiger partial charge in [-0.25, -0.2) is 9.79 Å². The Hall–Kier alpha value is -1.65. The third-order valence-corrected chi connectivity index (χ3v) is 2.33. The van der Waals surface area contributed by atoms with Crippen molar-refractivity contribution in [3.05, 3.63) is 26.4 Å². The molecule has 0 aromatic carbocycles. The summed E-state index contributed by atoms with van der Waals surface area (Å²) in [7, 11) is 1.59. The van der Waals surface area contributed by atoms with E-state index >= 15 is 0 Å². The van der Waals surface area contributed by atoms with Gasteiger partial charge in [-0.3, -0.25) is 14.3 Å². The van der Waals surface area contributed by atoms with Crippen molar-refractivity contribution in [2.75, 3.05) is 0 Å². The van der Waals surface area contributed by atoms with Crippen molar-refractivity contribution in [3.8, 4) is 0 Å². The van der Waals surface area contributed by atoms with Crippen molar-refractivity contribution in [2.24, 2.45) is 12.0 Å². The SMILES string of the molecule is CCC(C)=Nc1c(C)c(=O)[nH]c(=O)n1C. The fourth-order valence-electron chi connectivity index (χ4n) is 1.14. The number of aromatic nitrogens is 2. The molecule has 1 N–H and O–H groups in total. The Kier molecular flexibility index (Phi) is 3.24. The van der Waals surface area contributed by atoms with Gasteiger partial charge in [0.2, 0.25) is 0 Å². The van der Waals surface area contributed by atoms with Gasteiger partial charge in [0.05, 0.1) is 5.56 Å². The number of aromatic amines is 1. The minimum Gasteiger partial charge on any atom is -0.281 e. The van der Waals surface area contributed by atoms with Crippen molar-refractivity contribution in [3.63, 3.8) is 0 Å². The third-order valence-electron chi connectivity index (χ3n) is 2.33. The fourth-order valence-corrected chi connectivity index (χ4v) is 1.14. The van der Waals surface area contributed by atoms with Crippen LogP contribution in [0.4, 0.5) is 5.82 Å². The lowest BCUT2D eigenvalue weighted by atomic mass is 10.3. The van der Waals surface area contributed by atoms with Crippen molar-refractivity contribution in [1.29, 1.82) is 0 Å². The summed E-state index contributed by atoms with van der Waals surface area (Å²) in [4.78, 5) is 29.1. The van der Waals surface area contributed by atoms with Crippen molar-refractivity contribution >= 4 is 11.5 Å². The van der Waals surface area contributed by atoms with Crippen LogP contribution in [0.2, 0.25) is 0 Å². The Morgan fingerprint density at radius 3 is 2.60 bits per heavy atom. The summed E-state index contributed by atoms with van der Waals surface area (Å²) in [6.07, 6.45) is 0.792. The van der Waals surface area contributed by atoms with Gasteiger partial charge < -0.3 is 0 Å². The van der Waals surface area contributed by atoms with E-state index in [1.54, 1.807) is 14.0 Å². The van der Waals surface area contributed by atoms with Crippen LogP contribution in [0.15, 0.2) is 14.6 Å². The van der Waals surface area contributed by atoms with E-state index in [1.807, 2.05) is 13.8 Å². The number of hydrogen-bond donors (Lipinski definition) is 1. The first-order valence-corrected chi connectivity index (χ1v) is 4.81. The zero-order chi connectivity index (χ0) is 11.6. The van der Waals surface area contributed by atoms with E-state index < -0.39 is 5.69 Å². The first-order chi connectivity index (χ1) is 6.97. The summed E-state index contributed by atoms with van der Waals surface area (Å²) < 4.78 is 1.34. The Morgan fingerprint density at radius 1 is 1.47 bits per heavy atom. The molecular formula is C10H15N3O2. The van der Waals surface area contributed by atoms with Gasteiger partial charge in [-0.1, -0.05) is 6.92 Å². The largest absolute Gasteiger partial charge is 0.329 e. The number of aliphatic imine (C=N–C) groups is 1. The predicted octanol–water partition coefficient (Wildman–Crippen LogP) is 0.884. The molecule has 0 radical (unpaired) electrons. The summed E-state index contributed by atoms with van der Waals surface area (Å²) in [5, 5.41) is 0. The maximum absolute atomic E-state index is 11.3. The van der Waals surface area contributed by atoms with Crippen LogP contribution in [0.5, 0.6) is 0 Å². The Labute approximate surface area is 87.5 Å². The number of nitrogens with one attached hydrogen (secondary N) is 1. The molecule has 1 aromatic heterocycles. The highest BCUT2D eigenvalue weighted by Gasteiger charge is 2.07. The normalized spacial score (nSPS) is 11.9. The van der Waals surface area contributed by atoms with E-state index in [0.29, 0.717) is 11.4 Å². The highest BCUT2D eigenvalue weighted by Crippen LogP contribution is 2.11. The molecule has 0 saturated heterocycles. The van der Waals surface area contributed by atoms with E-state index in [4.69, 9.17) is 0 Å². The molecule has 0 spiro atoms. The van der Waals surface area contributed by atoms with E-state index in [-0.39, 0.29) is 5.56 Å². The molecule has 1 rings (SSSR count). The number of rotatable bonds is 2. The molecule has 0 fully saturated rings. The molecule has 0 saturated carbocycles. The van der Waals surface area contributed by atoms with E-state index in [1.165, 1.54) is 4.57 Å². The zero-order valence-corrected chi connectivity index (χ0v) is 9.42. The lowest BCUT2D eigenvalue weighted by molar-refractivity contribution is 0.791. The minimum atomic E-state index is -0.437. The van der Waals surface area contributed by atoms with Gasteiger partial charge in [0.25, 0.3) is 5.56 Å². The minimum absolute atomic E-state index is 0.374. The summed E-state index contributed by atoms with van der Waals surface area (Å²) in [6.45, 7) is 5.49. The molecule has 1 aromatic rings. The summed E-state index contributed by atoms with van der Waals surface area (Å²) in [6, 6.07) is 0. The van der Waals surface area contributed by atoms with Gasteiger partial charge in [-0.15, -0.1) is 0 Å². The smallest absolute Gasteiger partial charge is 0.281 e. The molecule has 0 amide bonds. The molecule has 0 aliphatic heterocycles.